The molecule has 2 atom stereocenters. The van der Waals surface area contributed by atoms with Crippen LogP contribution in [0.3, 0.4) is 0 Å². The molecular formula is C14H22N2O3. The van der Waals surface area contributed by atoms with E-state index in [-0.39, 0.29) is 30.2 Å². The molecule has 0 aliphatic rings. The number of hydrogen-bond acceptors (Lipinski definition) is 4. The van der Waals surface area contributed by atoms with Gasteiger partial charge in [-0.15, -0.1) is 0 Å². The second-order valence-electron chi connectivity index (χ2n) is 5.02. The number of phenols is 1. The normalized spacial score (nSPS) is 14.2. The SMILES string of the molecule is CC(C)[C@@H](CO)NC(=O)C(N)Cc1ccc(O)cc1. The van der Waals surface area contributed by atoms with Crippen LogP contribution in [0.1, 0.15) is 19.4 Å². The van der Waals surface area contributed by atoms with Crippen molar-refractivity contribution in [3.8, 4) is 5.75 Å². The van der Waals surface area contributed by atoms with Crippen LogP contribution in [-0.4, -0.2) is 34.8 Å². The Kier molecular flexibility index (Phi) is 5.79. The fourth-order valence-electron chi connectivity index (χ4n) is 1.69. The van der Waals surface area contributed by atoms with E-state index >= 15 is 0 Å². The molecule has 106 valence electrons. The quantitative estimate of drug-likeness (QED) is 0.599. The topological polar surface area (TPSA) is 95.6 Å². The van der Waals surface area contributed by atoms with Crippen molar-refractivity contribution in [1.82, 2.24) is 5.32 Å². The highest BCUT2D eigenvalue weighted by Gasteiger charge is 2.20. The third-order valence-corrected chi connectivity index (χ3v) is 3.06. The van der Waals surface area contributed by atoms with E-state index in [0.29, 0.717) is 6.42 Å². The van der Waals surface area contributed by atoms with E-state index in [1.807, 2.05) is 13.8 Å². The van der Waals surface area contributed by atoms with Crippen molar-refractivity contribution < 1.29 is 15.0 Å². The van der Waals surface area contributed by atoms with Crippen molar-refractivity contribution >= 4 is 5.91 Å². The molecule has 0 aliphatic heterocycles. The predicted octanol–water partition coefficient (Wildman–Crippen LogP) is 0.395. The number of hydrogen-bond donors (Lipinski definition) is 4. The molecule has 0 spiro atoms. The minimum absolute atomic E-state index is 0.102. The summed E-state index contributed by atoms with van der Waals surface area (Å²) in [5.41, 5.74) is 6.71. The van der Waals surface area contributed by atoms with Crippen LogP contribution in [-0.2, 0) is 11.2 Å². The van der Waals surface area contributed by atoms with Gasteiger partial charge < -0.3 is 21.3 Å². The summed E-state index contributed by atoms with van der Waals surface area (Å²) in [6.45, 7) is 3.74. The number of nitrogens with one attached hydrogen (secondary N) is 1. The van der Waals surface area contributed by atoms with Gasteiger partial charge in [-0.2, -0.15) is 0 Å². The van der Waals surface area contributed by atoms with Crippen LogP contribution in [0.5, 0.6) is 5.75 Å². The molecule has 0 radical (unpaired) electrons. The number of carbonyl (C=O) groups excluding carboxylic acids is 1. The van der Waals surface area contributed by atoms with Crippen LogP contribution in [0, 0.1) is 5.92 Å². The smallest absolute Gasteiger partial charge is 0.237 e. The maximum absolute atomic E-state index is 11.9. The first-order chi connectivity index (χ1) is 8.93. The first kappa shape index (κ1) is 15.5. The van der Waals surface area contributed by atoms with E-state index in [9.17, 15) is 9.90 Å². The highest BCUT2D eigenvalue weighted by Crippen LogP contribution is 2.11. The molecule has 1 unspecified atom stereocenters. The highest BCUT2D eigenvalue weighted by molar-refractivity contribution is 5.82. The van der Waals surface area contributed by atoms with Crippen molar-refractivity contribution in [2.45, 2.75) is 32.4 Å². The molecule has 0 aliphatic carbocycles. The van der Waals surface area contributed by atoms with Crippen molar-refractivity contribution in [2.75, 3.05) is 6.61 Å². The maximum atomic E-state index is 11.9. The summed E-state index contributed by atoms with van der Waals surface area (Å²) in [6, 6.07) is 5.63. The Balaban J connectivity index is 2.55. The minimum Gasteiger partial charge on any atom is -0.508 e. The zero-order valence-electron chi connectivity index (χ0n) is 11.3. The summed E-state index contributed by atoms with van der Waals surface area (Å²) in [6.07, 6.45) is 0.391. The standard InChI is InChI=1S/C14H22N2O3/c1-9(2)13(8-17)16-14(19)12(15)7-10-3-5-11(18)6-4-10/h3-6,9,12-13,17-18H,7-8,15H2,1-2H3,(H,16,19)/t12?,13-/m1/s1. The molecule has 5 heteroatoms. The number of benzene rings is 1. The van der Waals surface area contributed by atoms with Crippen molar-refractivity contribution in [1.29, 1.82) is 0 Å². The molecule has 0 heterocycles. The first-order valence-corrected chi connectivity index (χ1v) is 6.38. The zero-order chi connectivity index (χ0) is 14.4. The molecule has 1 amide bonds. The van der Waals surface area contributed by atoms with Gasteiger partial charge in [0.2, 0.25) is 5.91 Å². The van der Waals surface area contributed by atoms with E-state index in [1.54, 1.807) is 24.3 Å². The predicted molar refractivity (Wildman–Crippen MR) is 73.6 cm³/mol. The first-order valence-electron chi connectivity index (χ1n) is 6.38. The summed E-state index contributed by atoms with van der Waals surface area (Å²) in [5, 5.41) is 21.1. The summed E-state index contributed by atoms with van der Waals surface area (Å²) >= 11 is 0. The molecule has 0 fully saturated rings. The lowest BCUT2D eigenvalue weighted by molar-refractivity contribution is -0.123. The lowest BCUT2D eigenvalue weighted by Gasteiger charge is -2.22. The molecule has 5 nitrogen and oxygen atoms in total. The van der Waals surface area contributed by atoms with Gasteiger partial charge in [-0.3, -0.25) is 4.79 Å². The van der Waals surface area contributed by atoms with E-state index in [2.05, 4.69) is 5.32 Å². The van der Waals surface area contributed by atoms with Crippen molar-refractivity contribution in [2.24, 2.45) is 11.7 Å². The molecule has 1 aromatic carbocycles. The number of amides is 1. The van der Waals surface area contributed by atoms with Gasteiger partial charge in [-0.25, -0.2) is 0 Å². The van der Waals surface area contributed by atoms with Gasteiger partial charge in [0.1, 0.15) is 5.75 Å². The summed E-state index contributed by atoms with van der Waals surface area (Å²) in [4.78, 5) is 11.9. The van der Waals surface area contributed by atoms with Gasteiger partial charge in [0.05, 0.1) is 18.7 Å². The van der Waals surface area contributed by atoms with Gasteiger partial charge in [0.15, 0.2) is 0 Å². The summed E-state index contributed by atoms with van der Waals surface area (Å²) < 4.78 is 0. The molecular weight excluding hydrogens is 244 g/mol. The maximum Gasteiger partial charge on any atom is 0.237 e. The van der Waals surface area contributed by atoms with E-state index < -0.39 is 6.04 Å². The molecule has 1 rings (SSSR count). The number of aromatic hydroxyl groups is 1. The van der Waals surface area contributed by atoms with Crippen LogP contribution in [0.4, 0.5) is 0 Å². The number of carbonyl (C=O) groups is 1. The second-order valence-corrected chi connectivity index (χ2v) is 5.02. The average Bonchev–Trinajstić information content (AvgIpc) is 2.37. The fraction of sp³-hybridized carbons (Fsp3) is 0.500. The molecule has 19 heavy (non-hydrogen) atoms. The zero-order valence-corrected chi connectivity index (χ0v) is 11.3. The average molecular weight is 266 g/mol. The van der Waals surface area contributed by atoms with Crippen molar-refractivity contribution in [3.63, 3.8) is 0 Å². The van der Waals surface area contributed by atoms with Crippen molar-refractivity contribution in [3.05, 3.63) is 29.8 Å². The molecule has 0 bridgehead atoms. The molecule has 1 aromatic rings. The fourth-order valence-corrected chi connectivity index (χ4v) is 1.69. The number of rotatable bonds is 6. The monoisotopic (exact) mass is 266 g/mol. The Morgan fingerprint density at radius 1 is 1.32 bits per heavy atom. The Labute approximate surface area is 113 Å². The van der Waals surface area contributed by atoms with Crippen LogP contribution in [0.2, 0.25) is 0 Å². The highest BCUT2D eigenvalue weighted by atomic mass is 16.3. The van der Waals surface area contributed by atoms with Crippen LogP contribution < -0.4 is 11.1 Å². The second kappa shape index (κ2) is 7.11. The Hall–Kier alpha value is -1.59. The van der Waals surface area contributed by atoms with Gasteiger partial charge in [0, 0.05) is 0 Å². The minimum atomic E-state index is -0.669. The van der Waals surface area contributed by atoms with Crippen LogP contribution in [0.15, 0.2) is 24.3 Å². The third-order valence-electron chi connectivity index (χ3n) is 3.06. The van der Waals surface area contributed by atoms with Gasteiger partial charge in [-0.1, -0.05) is 26.0 Å². The Bertz CT molecular complexity index is 404. The number of phenolic OH excluding ortho intramolecular Hbond substituents is 1. The largest absolute Gasteiger partial charge is 0.508 e. The third kappa shape index (κ3) is 4.89. The van der Waals surface area contributed by atoms with E-state index in [4.69, 9.17) is 10.8 Å². The molecule has 5 N–H and O–H groups in total. The van der Waals surface area contributed by atoms with Gasteiger partial charge >= 0.3 is 0 Å². The molecule has 0 saturated heterocycles. The number of aliphatic hydroxyl groups excluding tert-OH is 1. The Morgan fingerprint density at radius 2 is 1.89 bits per heavy atom. The van der Waals surface area contributed by atoms with E-state index in [1.165, 1.54) is 0 Å². The Morgan fingerprint density at radius 3 is 2.37 bits per heavy atom. The number of aliphatic hydroxyl groups is 1. The molecule has 0 aromatic heterocycles. The van der Waals surface area contributed by atoms with Crippen LogP contribution in [0.25, 0.3) is 0 Å². The van der Waals surface area contributed by atoms with Gasteiger partial charge in [-0.05, 0) is 30.0 Å². The van der Waals surface area contributed by atoms with E-state index in [0.717, 1.165) is 5.56 Å². The summed E-state index contributed by atoms with van der Waals surface area (Å²) in [7, 11) is 0. The van der Waals surface area contributed by atoms with Crippen LogP contribution >= 0.6 is 0 Å². The lowest BCUT2D eigenvalue weighted by atomic mass is 10.0. The molecule has 0 saturated carbocycles. The van der Waals surface area contributed by atoms with Gasteiger partial charge in [0.25, 0.3) is 0 Å². The number of nitrogens with two attached hydrogens (primary N) is 1. The summed E-state index contributed by atoms with van der Waals surface area (Å²) in [5.74, 6) is 0.0533. The lowest BCUT2D eigenvalue weighted by Crippen LogP contribution is -2.49.